The number of rotatable bonds is 7. The number of hydrogen-bond acceptors (Lipinski definition) is 6. The van der Waals surface area contributed by atoms with Gasteiger partial charge in [0.05, 0.1) is 17.6 Å². The van der Waals surface area contributed by atoms with Crippen molar-refractivity contribution >= 4 is 11.6 Å². The summed E-state index contributed by atoms with van der Waals surface area (Å²) >= 11 is 0. The van der Waals surface area contributed by atoms with E-state index in [9.17, 15) is 0 Å². The van der Waals surface area contributed by atoms with Crippen LogP contribution in [-0.4, -0.2) is 62.7 Å². The Morgan fingerprint density at radius 2 is 1.67 bits per heavy atom. The van der Waals surface area contributed by atoms with Gasteiger partial charge in [-0.3, -0.25) is 10.00 Å². The second-order valence-corrected chi connectivity index (χ2v) is 8.32. The van der Waals surface area contributed by atoms with Gasteiger partial charge in [0.2, 0.25) is 5.95 Å². The largest absolute Gasteiger partial charge is 0.324 e. The van der Waals surface area contributed by atoms with E-state index in [1.54, 1.807) is 6.20 Å². The number of H-pyrrole nitrogens is 1. The van der Waals surface area contributed by atoms with Crippen LogP contribution in [0.25, 0.3) is 22.5 Å². The average Bonchev–Trinajstić information content (AvgIpc) is 3.37. The van der Waals surface area contributed by atoms with Crippen LogP contribution in [0.1, 0.15) is 12.5 Å². The van der Waals surface area contributed by atoms with Gasteiger partial charge in [-0.2, -0.15) is 5.10 Å². The molecular formula is C26H29N7. The van der Waals surface area contributed by atoms with Gasteiger partial charge in [0.1, 0.15) is 0 Å². The smallest absolute Gasteiger partial charge is 0.227 e. The molecule has 3 heterocycles. The van der Waals surface area contributed by atoms with Crippen molar-refractivity contribution in [1.29, 1.82) is 0 Å². The van der Waals surface area contributed by atoms with Gasteiger partial charge in [-0.1, -0.05) is 49.4 Å². The second kappa shape index (κ2) is 9.94. The number of aromatic nitrogens is 4. The van der Waals surface area contributed by atoms with Crippen LogP contribution in [-0.2, 0) is 6.54 Å². The predicted octanol–water partition coefficient (Wildman–Crippen LogP) is 4.41. The van der Waals surface area contributed by atoms with E-state index in [0.29, 0.717) is 5.95 Å². The first-order chi connectivity index (χ1) is 16.3. The first kappa shape index (κ1) is 21.3. The molecule has 4 aromatic rings. The Labute approximate surface area is 194 Å². The zero-order valence-electron chi connectivity index (χ0n) is 18.9. The Morgan fingerprint density at radius 3 is 2.42 bits per heavy atom. The van der Waals surface area contributed by atoms with Crippen LogP contribution in [0.5, 0.6) is 0 Å². The maximum Gasteiger partial charge on any atom is 0.227 e. The molecule has 1 aliphatic heterocycles. The van der Waals surface area contributed by atoms with Crippen LogP contribution in [0.2, 0.25) is 0 Å². The third kappa shape index (κ3) is 5.10. The third-order valence-electron chi connectivity index (χ3n) is 6.16. The van der Waals surface area contributed by atoms with Crippen molar-refractivity contribution in [2.45, 2.75) is 13.5 Å². The van der Waals surface area contributed by atoms with Crippen LogP contribution in [0.4, 0.5) is 11.6 Å². The second-order valence-electron chi connectivity index (χ2n) is 8.32. The van der Waals surface area contributed by atoms with Gasteiger partial charge in [0.15, 0.2) is 0 Å². The average molecular weight is 440 g/mol. The van der Waals surface area contributed by atoms with Gasteiger partial charge in [-0.05, 0) is 30.3 Å². The van der Waals surface area contributed by atoms with Crippen molar-refractivity contribution in [2.24, 2.45) is 0 Å². The lowest BCUT2D eigenvalue weighted by atomic mass is 10.1. The number of anilines is 2. The van der Waals surface area contributed by atoms with E-state index in [2.05, 4.69) is 73.6 Å². The van der Waals surface area contributed by atoms with Crippen molar-refractivity contribution in [3.8, 4) is 22.5 Å². The summed E-state index contributed by atoms with van der Waals surface area (Å²) < 4.78 is 0. The summed E-state index contributed by atoms with van der Waals surface area (Å²) in [6.07, 6.45) is 3.58. The number of piperazine rings is 1. The zero-order valence-corrected chi connectivity index (χ0v) is 18.9. The molecule has 0 spiro atoms. The monoisotopic (exact) mass is 439 g/mol. The molecule has 0 bridgehead atoms. The van der Waals surface area contributed by atoms with Gasteiger partial charge in [0.25, 0.3) is 0 Å². The molecule has 7 heteroatoms. The quantitative estimate of drug-likeness (QED) is 0.444. The summed E-state index contributed by atoms with van der Waals surface area (Å²) in [5.41, 5.74) is 6.09. The van der Waals surface area contributed by atoms with Crippen molar-refractivity contribution in [3.63, 3.8) is 0 Å². The van der Waals surface area contributed by atoms with Crippen LogP contribution >= 0.6 is 0 Å². The zero-order chi connectivity index (χ0) is 22.5. The Bertz CT molecular complexity index is 1160. The minimum absolute atomic E-state index is 0.566. The Hall–Kier alpha value is -3.55. The Morgan fingerprint density at radius 1 is 0.909 bits per heavy atom. The van der Waals surface area contributed by atoms with Crippen molar-refractivity contribution in [3.05, 3.63) is 78.6 Å². The van der Waals surface area contributed by atoms with E-state index in [-0.39, 0.29) is 0 Å². The topological polar surface area (TPSA) is 73.0 Å². The van der Waals surface area contributed by atoms with Gasteiger partial charge >= 0.3 is 0 Å². The molecule has 33 heavy (non-hydrogen) atoms. The fourth-order valence-corrected chi connectivity index (χ4v) is 4.22. The normalized spacial score (nSPS) is 14.9. The highest BCUT2D eigenvalue weighted by molar-refractivity contribution is 5.78. The lowest BCUT2D eigenvalue weighted by molar-refractivity contribution is 0.132. The first-order valence-electron chi connectivity index (χ1n) is 11.5. The molecule has 0 amide bonds. The van der Waals surface area contributed by atoms with E-state index >= 15 is 0 Å². The molecule has 0 unspecified atom stereocenters. The van der Waals surface area contributed by atoms with E-state index in [1.807, 2.05) is 30.5 Å². The molecule has 2 aromatic carbocycles. The number of nitrogens with one attached hydrogen (secondary N) is 2. The molecule has 1 aliphatic rings. The molecular weight excluding hydrogens is 410 g/mol. The highest BCUT2D eigenvalue weighted by Crippen LogP contribution is 2.29. The lowest BCUT2D eigenvalue weighted by Crippen LogP contribution is -2.45. The first-order valence-corrected chi connectivity index (χ1v) is 11.5. The van der Waals surface area contributed by atoms with Crippen molar-refractivity contribution < 1.29 is 0 Å². The molecule has 1 saturated heterocycles. The Balaban J connectivity index is 1.26. The van der Waals surface area contributed by atoms with E-state index in [1.165, 1.54) is 5.56 Å². The highest BCUT2D eigenvalue weighted by Gasteiger charge is 2.15. The summed E-state index contributed by atoms with van der Waals surface area (Å²) in [7, 11) is 0. The van der Waals surface area contributed by atoms with Gasteiger partial charge < -0.3 is 10.2 Å². The standard InChI is InChI=1S/C26H29N7/c1-2-32-14-16-33(17-15-32)19-20-8-10-22(11-9-20)29-26-27-13-12-24(30-26)23-18-28-31-25(23)21-6-4-3-5-7-21/h3-13,18H,2,14-17,19H2,1H3,(H,28,31)(H,27,29,30). The fraction of sp³-hybridized carbons (Fsp3) is 0.269. The van der Waals surface area contributed by atoms with E-state index < -0.39 is 0 Å². The van der Waals surface area contributed by atoms with Gasteiger partial charge in [-0.15, -0.1) is 0 Å². The number of likely N-dealkylation sites (N-methyl/N-ethyl adjacent to an activating group) is 1. The number of benzene rings is 2. The number of aromatic amines is 1. The molecule has 0 saturated carbocycles. The molecule has 0 atom stereocenters. The Kier molecular flexibility index (Phi) is 6.41. The predicted molar refractivity (Wildman–Crippen MR) is 132 cm³/mol. The molecule has 2 N–H and O–H groups in total. The van der Waals surface area contributed by atoms with Crippen LogP contribution in [0.3, 0.4) is 0 Å². The highest BCUT2D eigenvalue weighted by atomic mass is 15.3. The summed E-state index contributed by atoms with van der Waals surface area (Å²) in [6, 6.07) is 20.6. The molecule has 168 valence electrons. The van der Waals surface area contributed by atoms with Crippen LogP contribution in [0.15, 0.2) is 73.1 Å². The summed E-state index contributed by atoms with van der Waals surface area (Å²) in [5, 5.41) is 10.7. The molecule has 1 fully saturated rings. The van der Waals surface area contributed by atoms with E-state index in [0.717, 1.165) is 67.5 Å². The maximum absolute atomic E-state index is 4.73. The molecule has 0 aliphatic carbocycles. The maximum atomic E-state index is 4.73. The molecule has 2 aromatic heterocycles. The van der Waals surface area contributed by atoms with Gasteiger partial charge in [-0.25, -0.2) is 9.97 Å². The third-order valence-corrected chi connectivity index (χ3v) is 6.16. The fourth-order valence-electron chi connectivity index (χ4n) is 4.22. The SMILES string of the molecule is CCN1CCN(Cc2ccc(Nc3nccc(-c4cn[nH]c4-c4ccccc4)n3)cc2)CC1. The van der Waals surface area contributed by atoms with Crippen molar-refractivity contribution in [1.82, 2.24) is 30.0 Å². The van der Waals surface area contributed by atoms with Gasteiger partial charge in [0, 0.05) is 55.7 Å². The van der Waals surface area contributed by atoms with E-state index in [4.69, 9.17) is 4.98 Å². The van der Waals surface area contributed by atoms with Crippen LogP contribution in [0, 0.1) is 0 Å². The van der Waals surface area contributed by atoms with Crippen LogP contribution < -0.4 is 5.32 Å². The summed E-state index contributed by atoms with van der Waals surface area (Å²) in [4.78, 5) is 14.2. The molecule has 5 rings (SSSR count). The minimum Gasteiger partial charge on any atom is -0.324 e. The summed E-state index contributed by atoms with van der Waals surface area (Å²) in [6.45, 7) is 8.95. The minimum atomic E-state index is 0.566. The number of nitrogens with zero attached hydrogens (tertiary/aromatic N) is 5. The summed E-state index contributed by atoms with van der Waals surface area (Å²) in [5.74, 6) is 0.566. The molecule has 0 radical (unpaired) electrons. The molecule has 7 nitrogen and oxygen atoms in total. The number of hydrogen-bond donors (Lipinski definition) is 2. The van der Waals surface area contributed by atoms with Crippen molar-refractivity contribution in [2.75, 3.05) is 38.0 Å². The lowest BCUT2D eigenvalue weighted by Gasteiger charge is -2.34.